The van der Waals surface area contributed by atoms with Crippen molar-refractivity contribution in [3.8, 4) is 0 Å². The molecule has 28 heavy (non-hydrogen) atoms. The van der Waals surface area contributed by atoms with Crippen LogP contribution < -0.4 is 10.6 Å². The SMILES string of the molecule is CCNC(=NCC(C)c1ccsc1)NC1CCC(C(=O)N2CCSCC2)CC1. The Balaban J connectivity index is 1.46. The summed E-state index contributed by atoms with van der Waals surface area (Å²) in [5.74, 6) is 4.14. The van der Waals surface area contributed by atoms with Crippen LogP contribution in [0.3, 0.4) is 0 Å². The molecule has 0 aromatic carbocycles. The van der Waals surface area contributed by atoms with E-state index in [4.69, 9.17) is 4.99 Å². The van der Waals surface area contributed by atoms with Gasteiger partial charge in [0.05, 0.1) is 0 Å². The zero-order valence-electron chi connectivity index (χ0n) is 17.2. The molecule has 2 N–H and O–H groups in total. The highest BCUT2D eigenvalue weighted by Crippen LogP contribution is 2.27. The lowest BCUT2D eigenvalue weighted by molar-refractivity contribution is -0.136. The number of carbonyl (C=O) groups is 1. The fourth-order valence-electron chi connectivity index (χ4n) is 3.93. The number of nitrogens with one attached hydrogen (secondary N) is 2. The van der Waals surface area contributed by atoms with Gasteiger partial charge in [-0.25, -0.2) is 0 Å². The first kappa shape index (κ1) is 21.5. The second kappa shape index (κ2) is 11.1. The third-order valence-electron chi connectivity index (χ3n) is 5.72. The van der Waals surface area contributed by atoms with E-state index in [1.165, 1.54) is 5.56 Å². The van der Waals surface area contributed by atoms with Crippen LogP contribution in [0.1, 0.15) is 51.0 Å². The molecule has 7 heteroatoms. The van der Waals surface area contributed by atoms with E-state index in [9.17, 15) is 4.79 Å². The maximum Gasteiger partial charge on any atom is 0.225 e. The van der Waals surface area contributed by atoms with Gasteiger partial charge in [-0.15, -0.1) is 0 Å². The number of amides is 1. The van der Waals surface area contributed by atoms with Crippen LogP contribution in [-0.2, 0) is 4.79 Å². The van der Waals surface area contributed by atoms with Crippen LogP contribution in [0.4, 0.5) is 0 Å². The number of thioether (sulfide) groups is 1. The highest BCUT2D eigenvalue weighted by molar-refractivity contribution is 7.99. The summed E-state index contributed by atoms with van der Waals surface area (Å²) in [7, 11) is 0. The molecule has 1 aromatic heterocycles. The molecule has 0 bridgehead atoms. The highest BCUT2D eigenvalue weighted by atomic mass is 32.2. The lowest BCUT2D eigenvalue weighted by atomic mass is 9.85. The van der Waals surface area contributed by atoms with E-state index >= 15 is 0 Å². The molecule has 1 aliphatic carbocycles. The number of rotatable bonds is 6. The van der Waals surface area contributed by atoms with Crippen molar-refractivity contribution in [1.29, 1.82) is 0 Å². The zero-order chi connectivity index (χ0) is 19.8. The second-order valence-corrected chi connectivity index (χ2v) is 9.81. The summed E-state index contributed by atoms with van der Waals surface area (Å²) in [4.78, 5) is 19.6. The van der Waals surface area contributed by atoms with Crippen molar-refractivity contribution >= 4 is 35.0 Å². The third kappa shape index (κ3) is 6.14. The predicted molar refractivity (Wildman–Crippen MR) is 121 cm³/mol. The fourth-order valence-corrected chi connectivity index (χ4v) is 5.61. The van der Waals surface area contributed by atoms with Crippen LogP contribution in [0, 0.1) is 5.92 Å². The summed E-state index contributed by atoms with van der Waals surface area (Å²) in [6, 6.07) is 2.60. The Morgan fingerprint density at radius 1 is 1.29 bits per heavy atom. The van der Waals surface area contributed by atoms with Crippen molar-refractivity contribution in [3.05, 3.63) is 22.4 Å². The van der Waals surface area contributed by atoms with Gasteiger partial charge in [-0.3, -0.25) is 9.79 Å². The quantitative estimate of drug-likeness (QED) is 0.544. The average molecular weight is 423 g/mol. The normalized spacial score (nSPS) is 24.6. The minimum atomic E-state index is 0.222. The maximum atomic E-state index is 12.7. The molecule has 1 aliphatic heterocycles. The molecule has 1 saturated carbocycles. The summed E-state index contributed by atoms with van der Waals surface area (Å²) in [6.07, 6.45) is 4.07. The lowest BCUT2D eigenvalue weighted by Crippen LogP contribution is -2.47. The van der Waals surface area contributed by atoms with Crippen molar-refractivity contribution < 1.29 is 4.79 Å². The molecule has 3 rings (SSSR count). The zero-order valence-corrected chi connectivity index (χ0v) is 18.8. The van der Waals surface area contributed by atoms with Crippen molar-refractivity contribution in [2.24, 2.45) is 10.9 Å². The number of nitrogens with zero attached hydrogens (tertiary/aromatic N) is 2. The van der Waals surface area contributed by atoms with E-state index in [0.717, 1.165) is 69.3 Å². The molecule has 2 heterocycles. The smallest absolute Gasteiger partial charge is 0.225 e. The predicted octanol–water partition coefficient (Wildman–Crippen LogP) is 3.54. The summed E-state index contributed by atoms with van der Waals surface area (Å²) in [6.45, 7) is 7.84. The van der Waals surface area contributed by atoms with E-state index in [-0.39, 0.29) is 5.92 Å². The number of guanidine groups is 1. The Bertz CT molecular complexity index is 620. The molecule has 1 amide bonds. The van der Waals surface area contributed by atoms with Crippen LogP contribution in [-0.4, -0.2) is 60.5 Å². The standard InChI is InChI=1S/C21H34N4OS2/c1-3-22-21(23-14-16(2)18-8-11-28-15-18)24-19-6-4-17(5-7-19)20(26)25-9-12-27-13-10-25/h8,11,15-17,19H,3-7,9-10,12-14H2,1-2H3,(H2,22,23,24). The summed E-state index contributed by atoms with van der Waals surface area (Å²) >= 11 is 3.70. The monoisotopic (exact) mass is 422 g/mol. The van der Waals surface area contributed by atoms with Gasteiger partial charge >= 0.3 is 0 Å². The van der Waals surface area contributed by atoms with Crippen molar-refractivity contribution in [2.45, 2.75) is 51.5 Å². The van der Waals surface area contributed by atoms with Crippen molar-refractivity contribution in [1.82, 2.24) is 15.5 Å². The molecule has 2 fully saturated rings. The van der Waals surface area contributed by atoms with Gasteiger partial charge in [0, 0.05) is 55.6 Å². The highest BCUT2D eigenvalue weighted by Gasteiger charge is 2.30. The Hall–Kier alpha value is -1.21. The molecule has 1 saturated heterocycles. The minimum absolute atomic E-state index is 0.222. The molecule has 0 spiro atoms. The maximum absolute atomic E-state index is 12.7. The Labute approximate surface area is 177 Å². The molecular weight excluding hydrogens is 388 g/mol. The van der Waals surface area contributed by atoms with E-state index < -0.39 is 0 Å². The topological polar surface area (TPSA) is 56.7 Å². The number of aliphatic imine (C=N–C) groups is 1. The van der Waals surface area contributed by atoms with Crippen molar-refractivity contribution in [3.63, 3.8) is 0 Å². The van der Waals surface area contributed by atoms with Gasteiger partial charge in [-0.2, -0.15) is 23.1 Å². The molecule has 156 valence electrons. The molecule has 1 aromatic rings. The molecule has 5 nitrogen and oxygen atoms in total. The average Bonchev–Trinajstić information content (AvgIpc) is 3.28. The number of hydrogen-bond donors (Lipinski definition) is 2. The van der Waals surface area contributed by atoms with Crippen molar-refractivity contribution in [2.75, 3.05) is 37.7 Å². The van der Waals surface area contributed by atoms with Crippen LogP contribution in [0.2, 0.25) is 0 Å². The molecule has 1 atom stereocenters. The second-order valence-electron chi connectivity index (χ2n) is 7.81. The first-order valence-corrected chi connectivity index (χ1v) is 12.7. The summed E-state index contributed by atoms with van der Waals surface area (Å²) in [5.41, 5.74) is 1.36. The number of hydrogen-bond acceptors (Lipinski definition) is 4. The van der Waals surface area contributed by atoms with Crippen LogP contribution in [0.5, 0.6) is 0 Å². The van der Waals surface area contributed by atoms with Crippen LogP contribution >= 0.6 is 23.1 Å². The van der Waals surface area contributed by atoms with E-state index in [1.807, 2.05) is 11.8 Å². The van der Waals surface area contributed by atoms with Crippen LogP contribution in [0.25, 0.3) is 0 Å². The van der Waals surface area contributed by atoms with Gasteiger partial charge in [-0.1, -0.05) is 6.92 Å². The number of thiophene rings is 1. The first-order chi connectivity index (χ1) is 13.7. The van der Waals surface area contributed by atoms with Gasteiger partial charge in [0.1, 0.15) is 0 Å². The fraction of sp³-hybridized carbons (Fsp3) is 0.714. The van der Waals surface area contributed by atoms with Gasteiger partial charge in [-0.05, 0) is 55.0 Å². The van der Waals surface area contributed by atoms with E-state index in [0.29, 0.717) is 17.9 Å². The minimum Gasteiger partial charge on any atom is -0.357 e. The Morgan fingerprint density at radius 2 is 2.04 bits per heavy atom. The molecule has 0 radical (unpaired) electrons. The van der Waals surface area contributed by atoms with Gasteiger partial charge in [0.15, 0.2) is 5.96 Å². The third-order valence-corrected chi connectivity index (χ3v) is 7.36. The molecular formula is C21H34N4OS2. The van der Waals surface area contributed by atoms with Crippen LogP contribution in [0.15, 0.2) is 21.8 Å². The first-order valence-electron chi connectivity index (χ1n) is 10.6. The Morgan fingerprint density at radius 3 is 2.68 bits per heavy atom. The number of carbonyl (C=O) groups excluding carboxylic acids is 1. The van der Waals surface area contributed by atoms with E-state index in [1.54, 1.807) is 11.3 Å². The Kier molecular flexibility index (Phi) is 8.52. The lowest BCUT2D eigenvalue weighted by Gasteiger charge is -2.34. The van der Waals surface area contributed by atoms with Gasteiger partial charge in [0.2, 0.25) is 5.91 Å². The summed E-state index contributed by atoms with van der Waals surface area (Å²) < 4.78 is 0. The molecule has 1 unspecified atom stereocenters. The summed E-state index contributed by atoms with van der Waals surface area (Å²) in [5, 5.41) is 11.3. The van der Waals surface area contributed by atoms with Gasteiger partial charge in [0.25, 0.3) is 0 Å². The van der Waals surface area contributed by atoms with E-state index in [2.05, 4.69) is 46.2 Å². The molecule has 2 aliphatic rings. The largest absolute Gasteiger partial charge is 0.357 e. The van der Waals surface area contributed by atoms with Gasteiger partial charge < -0.3 is 15.5 Å².